The molecule has 4 heteroatoms. The molecule has 0 aromatic heterocycles. The average molecular weight is 246 g/mol. The maximum atomic E-state index is 11.8. The van der Waals surface area contributed by atoms with Gasteiger partial charge in [0.2, 0.25) is 5.91 Å². The Labute approximate surface area is 107 Å². The first-order valence-corrected chi connectivity index (χ1v) is 6.46. The highest BCUT2D eigenvalue weighted by Crippen LogP contribution is 2.32. The summed E-state index contributed by atoms with van der Waals surface area (Å²) in [5.41, 5.74) is 1.24. The van der Waals surface area contributed by atoms with Gasteiger partial charge in [-0.1, -0.05) is 12.1 Å². The van der Waals surface area contributed by atoms with E-state index in [1.54, 1.807) is 7.11 Å². The maximum absolute atomic E-state index is 11.8. The summed E-state index contributed by atoms with van der Waals surface area (Å²) >= 11 is 0. The number of nitrogens with zero attached hydrogens (tertiary/aromatic N) is 1. The zero-order chi connectivity index (χ0) is 12.5. The van der Waals surface area contributed by atoms with E-state index in [2.05, 4.69) is 17.4 Å². The molecule has 0 radical (unpaired) electrons. The van der Waals surface area contributed by atoms with Crippen LogP contribution in [-0.2, 0) is 4.79 Å². The number of piperazine rings is 1. The van der Waals surface area contributed by atoms with E-state index in [1.165, 1.54) is 5.56 Å². The van der Waals surface area contributed by atoms with Crippen molar-refractivity contribution in [1.29, 1.82) is 0 Å². The monoisotopic (exact) mass is 246 g/mol. The molecule has 0 spiro atoms. The number of benzene rings is 1. The lowest BCUT2D eigenvalue weighted by Gasteiger charge is -2.38. The summed E-state index contributed by atoms with van der Waals surface area (Å²) in [5, 5.41) is 3.53. The molecular weight excluding hydrogens is 228 g/mol. The highest BCUT2D eigenvalue weighted by atomic mass is 16.5. The summed E-state index contributed by atoms with van der Waals surface area (Å²) in [6, 6.07) is 8.71. The number of hydrogen-bond donors (Lipinski definition) is 1. The Balaban J connectivity index is 1.84. The molecule has 4 nitrogen and oxygen atoms in total. The molecule has 18 heavy (non-hydrogen) atoms. The van der Waals surface area contributed by atoms with E-state index in [9.17, 15) is 4.79 Å². The number of hydrogen-bond acceptors (Lipinski definition) is 3. The van der Waals surface area contributed by atoms with Gasteiger partial charge in [0.15, 0.2) is 0 Å². The Morgan fingerprint density at radius 2 is 2.11 bits per heavy atom. The van der Waals surface area contributed by atoms with E-state index in [0.29, 0.717) is 18.4 Å². The van der Waals surface area contributed by atoms with E-state index in [-0.39, 0.29) is 6.04 Å². The minimum absolute atomic E-state index is 0.260. The number of ether oxygens (including phenoxy) is 1. The minimum Gasteiger partial charge on any atom is -0.497 e. The first kappa shape index (κ1) is 11.5. The van der Waals surface area contributed by atoms with Gasteiger partial charge in [-0.2, -0.15) is 0 Å². The Bertz CT molecular complexity index is 444. The number of methoxy groups -OCH3 is 1. The standard InChI is InChI=1S/C14H18N2O2/c1-18-11-4-2-10(3-5-11)14-12-6-7-13(17)16(12)9-8-15-14/h2-5,12,14-15H,6-9H2,1H3/t12?,14-/m1/s1. The van der Waals surface area contributed by atoms with Crippen LogP contribution in [0.5, 0.6) is 5.75 Å². The summed E-state index contributed by atoms with van der Waals surface area (Å²) in [6.45, 7) is 1.72. The lowest BCUT2D eigenvalue weighted by Crippen LogP contribution is -2.51. The summed E-state index contributed by atoms with van der Waals surface area (Å²) in [7, 11) is 1.67. The van der Waals surface area contributed by atoms with Gasteiger partial charge < -0.3 is 15.0 Å². The van der Waals surface area contributed by atoms with Crippen LogP contribution in [0.15, 0.2) is 24.3 Å². The van der Waals surface area contributed by atoms with Crippen LogP contribution in [0.2, 0.25) is 0 Å². The van der Waals surface area contributed by atoms with Crippen LogP contribution in [0.25, 0.3) is 0 Å². The van der Waals surface area contributed by atoms with E-state index >= 15 is 0 Å². The molecule has 1 amide bonds. The fourth-order valence-electron chi connectivity index (χ4n) is 3.02. The quantitative estimate of drug-likeness (QED) is 0.856. The largest absolute Gasteiger partial charge is 0.497 e. The van der Waals surface area contributed by atoms with Crippen molar-refractivity contribution in [3.05, 3.63) is 29.8 Å². The van der Waals surface area contributed by atoms with Gasteiger partial charge in [-0.3, -0.25) is 4.79 Å². The van der Waals surface area contributed by atoms with Crippen molar-refractivity contribution in [3.8, 4) is 5.75 Å². The number of carbonyl (C=O) groups is 1. The molecule has 96 valence electrons. The molecule has 0 bridgehead atoms. The predicted molar refractivity (Wildman–Crippen MR) is 68.5 cm³/mol. The third-order valence-corrected chi connectivity index (χ3v) is 3.95. The van der Waals surface area contributed by atoms with Crippen molar-refractivity contribution in [1.82, 2.24) is 10.2 Å². The SMILES string of the molecule is COc1ccc([C@H]2NCCN3C(=O)CCC23)cc1. The fraction of sp³-hybridized carbons (Fsp3) is 0.500. The third kappa shape index (κ3) is 1.86. The highest BCUT2D eigenvalue weighted by Gasteiger charge is 2.39. The molecule has 1 unspecified atom stereocenters. The number of rotatable bonds is 2. The zero-order valence-corrected chi connectivity index (χ0v) is 10.6. The van der Waals surface area contributed by atoms with Crippen molar-refractivity contribution in [2.24, 2.45) is 0 Å². The van der Waals surface area contributed by atoms with Gasteiger partial charge in [0.1, 0.15) is 5.75 Å². The Morgan fingerprint density at radius 1 is 1.33 bits per heavy atom. The normalized spacial score (nSPS) is 27.2. The van der Waals surface area contributed by atoms with Gasteiger partial charge in [0.25, 0.3) is 0 Å². The lowest BCUT2D eigenvalue weighted by molar-refractivity contribution is -0.130. The third-order valence-electron chi connectivity index (χ3n) is 3.95. The summed E-state index contributed by atoms with van der Waals surface area (Å²) in [6.07, 6.45) is 1.65. The molecule has 2 heterocycles. The fourth-order valence-corrected chi connectivity index (χ4v) is 3.02. The van der Waals surface area contributed by atoms with Crippen LogP contribution in [0, 0.1) is 0 Å². The van der Waals surface area contributed by atoms with Crippen LogP contribution >= 0.6 is 0 Å². The molecule has 1 aromatic rings. The van der Waals surface area contributed by atoms with Crippen molar-refractivity contribution in [3.63, 3.8) is 0 Å². The van der Waals surface area contributed by atoms with E-state index < -0.39 is 0 Å². The number of nitrogens with one attached hydrogen (secondary N) is 1. The molecule has 1 aromatic carbocycles. The van der Waals surface area contributed by atoms with Gasteiger partial charge in [0.05, 0.1) is 19.2 Å². The number of fused-ring (bicyclic) bond motifs is 1. The van der Waals surface area contributed by atoms with Gasteiger partial charge in [-0.15, -0.1) is 0 Å². The summed E-state index contributed by atoms with van der Waals surface area (Å²) in [5.74, 6) is 1.17. The average Bonchev–Trinajstić information content (AvgIpc) is 2.81. The Hall–Kier alpha value is -1.55. The van der Waals surface area contributed by atoms with Crippen LogP contribution < -0.4 is 10.1 Å². The molecule has 2 saturated heterocycles. The second kappa shape index (κ2) is 4.61. The first-order chi connectivity index (χ1) is 8.79. The second-order valence-electron chi connectivity index (χ2n) is 4.90. The van der Waals surface area contributed by atoms with Gasteiger partial charge >= 0.3 is 0 Å². The molecule has 2 atom stereocenters. The van der Waals surface area contributed by atoms with Crippen LogP contribution in [0.3, 0.4) is 0 Å². The smallest absolute Gasteiger partial charge is 0.223 e. The Kier molecular flexibility index (Phi) is 2.96. The molecule has 2 fully saturated rings. The Morgan fingerprint density at radius 3 is 2.83 bits per heavy atom. The molecule has 1 N–H and O–H groups in total. The molecule has 2 aliphatic rings. The van der Waals surface area contributed by atoms with Gasteiger partial charge in [-0.25, -0.2) is 0 Å². The summed E-state index contributed by atoms with van der Waals surface area (Å²) in [4.78, 5) is 13.8. The van der Waals surface area contributed by atoms with E-state index in [1.807, 2.05) is 17.0 Å². The lowest BCUT2D eigenvalue weighted by atomic mass is 9.95. The van der Waals surface area contributed by atoms with E-state index in [4.69, 9.17) is 4.74 Å². The van der Waals surface area contributed by atoms with Crippen LogP contribution in [-0.4, -0.2) is 37.0 Å². The predicted octanol–water partition coefficient (Wildman–Crippen LogP) is 1.33. The molecule has 2 aliphatic heterocycles. The zero-order valence-electron chi connectivity index (χ0n) is 10.6. The highest BCUT2D eigenvalue weighted by molar-refractivity contribution is 5.79. The molecule has 0 saturated carbocycles. The van der Waals surface area contributed by atoms with Gasteiger partial charge in [0, 0.05) is 19.5 Å². The summed E-state index contributed by atoms with van der Waals surface area (Å²) < 4.78 is 5.18. The van der Waals surface area contributed by atoms with Crippen molar-refractivity contribution < 1.29 is 9.53 Å². The number of carbonyl (C=O) groups excluding carboxylic acids is 1. The second-order valence-corrected chi connectivity index (χ2v) is 4.90. The van der Waals surface area contributed by atoms with Crippen molar-refractivity contribution >= 4 is 5.91 Å². The van der Waals surface area contributed by atoms with Crippen molar-refractivity contribution in [2.75, 3.05) is 20.2 Å². The maximum Gasteiger partial charge on any atom is 0.223 e. The molecule has 3 rings (SSSR count). The first-order valence-electron chi connectivity index (χ1n) is 6.46. The van der Waals surface area contributed by atoms with Crippen molar-refractivity contribution in [2.45, 2.75) is 24.9 Å². The van der Waals surface area contributed by atoms with Gasteiger partial charge in [-0.05, 0) is 24.1 Å². The topological polar surface area (TPSA) is 41.6 Å². The minimum atomic E-state index is 0.260. The molecule has 0 aliphatic carbocycles. The van der Waals surface area contributed by atoms with E-state index in [0.717, 1.165) is 25.3 Å². The van der Waals surface area contributed by atoms with Crippen LogP contribution in [0.4, 0.5) is 0 Å². The number of amides is 1. The molecular formula is C14H18N2O2. The van der Waals surface area contributed by atoms with Crippen LogP contribution in [0.1, 0.15) is 24.4 Å².